The molecule has 2 heterocycles. The predicted octanol–water partition coefficient (Wildman–Crippen LogP) is 6.47. The SMILES string of the molecule is CCn1c(CCCc2ccc(-c3ccc(OC)c(NS(=O)(=O)c4ccc(OC)cc4)n3)cc2)nn(Cc2ccc(C(C)(C)C)cc2)c1=O. The van der Waals surface area contributed by atoms with Gasteiger partial charge in [0.25, 0.3) is 10.0 Å². The van der Waals surface area contributed by atoms with Gasteiger partial charge in [-0.25, -0.2) is 22.9 Å². The van der Waals surface area contributed by atoms with E-state index in [9.17, 15) is 13.2 Å². The maximum atomic E-state index is 13.1. The lowest BCUT2D eigenvalue weighted by atomic mass is 9.87. The Labute approximate surface area is 282 Å². The van der Waals surface area contributed by atoms with Crippen LogP contribution in [0.25, 0.3) is 11.3 Å². The highest BCUT2D eigenvalue weighted by molar-refractivity contribution is 7.92. The highest BCUT2D eigenvalue weighted by Gasteiger charge is 2.19. The number of pyridine rings is 1. The van der Waals surface area contributed by atoms with Crippen molar-refractivity contribution in [2.45, 2.75) is 70.4 Å². The average Bonchev–Trinajstić information content (AvgIpc) is 3.37. The lowest BCUT2D eigenvalue weighted by Gasteiger charge is -2.19. The van der Waals surface area contributed by atoms with Gasteiger partial charge in [-0.15, -0.1) is 0 Å². The van der Waals surface area contributed by atoms with Gasteiger partial charge in [-0.1, -0.05) is 69.3 Å². The van der Waals surface area contributed by atoms with Gasteiger partial charge in [0.2, 0.25) is 0 Å². The summed E-state index contributed by atoms with van der Waals surface area (Å²) in [6.45, 7) is 9.53. The maximum absolute atomic E-state index is 13.1. The Balaban J connectivity index is 1.24. The molecule has 0 aliphatic rings. The molecule has 2 aromatic heterocycles. The van der Waals surface area contributed by atoms with Crippen LogP contribution in [0.2, 0.25) is 0 Å². The summed E-state index contributed by atoms with van der Waals surface area (Å²) in [5.41, 5.74) is 4.85. The van der Waals surface area contributed by atoms with Crippen LogP contribution in [-0.2, 0) is 41.4 Å². The monoisotopic (exact) mass is 669 g/mol. The van der Waals surface area contributed by atoms with Crippen LogP contribution in [0.3, 0.4) is 0 Å². The molecule has 0 saturated heterocycles. The molecule has 11 heteroatoms. The molecule has 1 N–H and O–H groups in total. The summed E-state index contributed by atoms with van der Waals surface area (Å²) in [7, 11) is -0.931. The molecule has 48 heavy (non-hydrogen) atoms. The summed E-state index contributed by atoms with van der Waals surface area (Å²) < 4.78 is 42.5. The number of nitrogens with zero attached hydrogens (tertiary/aromatic N) is 4. The van der Waals surface area contributed by atoms with Gasteiger partial charge in [0.15, 0.2) is 11.6 Å². The van der Waals surface area contributed by atoms with E-state index < -0.39 is 10.0 Å². The molecular formula is C37H43N5O5S. The van der Waals surface area contributed by atoms with E-state index in [2.05, 4.69) is 54.7 Å². The number of anilines is 1. The summed E-state index contributed by atoms with van der Waals surface area (Å²) in [5, 5.41) is 4.70. The Morgan fingerprint density at radius 2 is 1.48 bits per heavy atom. The second kappa shape index (κ2) is 14.5. The number of nitrogens with one attached hydrogen (secondary N) is 1. The van der Waals surface area contributed by atoms with Gasteiger partial charge >= 0.3 is 5.69 Å². The van der Waals surface area contributed by atoms with E-state index in [0.717, 1.165) is 35.4 Å². The van der Waals surface area contributed by atoms with E-state index in [-0.39, 0.29) is 21.8 Å². The summed E-state index contributed by atoms with van der Waals surface area (Å²) in [5.74, 6) is 1.75. The molecule has 0 aliphatic heterocycles. The predicted molar refractivity (Wildman–Crippen MR) is 188 cm³/mol. The van der Waals surface area contributed by atoms with Crippen LogP contribution in [0.15, 0.2) is 94.6 Å². The highest BCUT2D eigenvalue weighted by atomic mass is 32.2. The second-order valence-corrected chi connectivity index (χ2v) is 14.3. The zero-order valence-electron chi connectivity index (χ0n) is 28.4. The number of aryl methyl sites for hydroxylation is 2. The van der Waals surface area contributed by atoms with Crippen molar-refractivity contribution in [1.82, 2.24) is 19.3 Å². The van der Waals surface area contributed by atoms with Crippen LogP contribution in [-0.4, -0.2) is 42.0 Å². The van der Waals surface area contributed by atoms with Crippen LogP contribution in [0, 0.1) is 0 Å². The number of aromatic nitrogens is 4. The van der Waals surface area contributed by atoms with E-state index in [4.69, 9.17) is 14.6 Å². The van der Waals surface area contributed by atoms with Crippen molar-refractivity contribution in [2.24, 2.45) is 0 Å². The summed E-state index contributed by atoms with van der Waals surface area (Å²) in [4.78, 5) is 17.8. The van der Waals surface area contributed by atoms with Crippen molar-refractivity contribution in [2.75, 3.05) is 18.9 Å². The molecule has 0 bridgehead atoms. The van der Waals surface area contributed by atoms with Gasteiger partial charge in [0.1, 0.15) is 11.6 Å². The third-order valence-corrected chi connectivity index (χ3v) is 9.62. The van der Waals surface area contributed by atoms with Crippen molar-refractivity contribution in [3.05, 3.63) is 118 Å². The normalized spacial score (nSPS) is 11.8. The molecule has 0 radical (unpaired) electrons. The fourth-order valence-electron chi connectivity index (χ4n) is 5.45. The van der Waals surface area contributed by atoms with Crippen LogP contribution < -0.4 is 19.9 Å². The Bertz CT molecular complexity index is 2010. The van der Waals surface area contributed by atoms with Gasteiger partial charge in [0.05, 0.1) is 31.4 Å². The first-order valence-electron chi connectivity index (χ1n) is 16.0. The van der Waals surface area contributed by atoms with Gasteiger partial charge < -0.3 is 9.47 Å². The lowest BCUT2D eigenvalue weighted by Crippen LogP contribution is -2.25. The fraction of sp³-hybridized carbons (Fsp3) is 0.324. The number of ether oxygens (including phenoxy) is 2. The first-order valence-corrected chi connectivity index (χ1v) is 17.5. The van der Waals surface area contributed by atoms with Gasteiger partial charge in [-0.3, -0.25) is 9.29 Å². The molecule has 5 rings (SSSR count). The first-order chi connectivity index (χ1) is 22.9. The molecule has 0 saturated carbocycles. The Hall–Kier alpha value is -4.90. The van der Waals surface area contributed by atoms with Crippen LogP contribution >= 0.6 is 0 Å². The minimum absolute atomic E-state index is 0.0738. The minimum atomic E-state index is -3.91. The Morgan fingerprint density at radius 1 is 0.812 bits per heavy atom. The molecule has 0 amide bonds. The zero-order chi connectivity index (χ0) is 34.5. The standard InChI is InChI=1S/C37H43N5O5S/c1-7-41-34(39-42(36(41)43)25-27-13-17-29(18-14-27)37(2,3)4)10-8-9-26-11-15-28(16-12-26)32-23-24-33(47-6)35(38-32)40-48(44,45)31-21-19-30(46-5)20-22-31/h11-24H,7-10,25H2,1-6H3,(H,38,40). The third kappa shape index (κ3) is 7.96. The minimum Gasteiger partial charge on any atom is -0.497 e. The average molecular weight is 670 g/mol. The van der Waals surface area contributed by atoms with E-state index in [0.29, 0.717) is 36.7 Å². The number of benzene rings is 3. The smallest absolute Gasteiger partial charge is 0.346 e. The fourth-order valence-corrected chi connectivity index (χ4v) is 6.47. The van der Waals surface area contributed by atoms with Gasteiger partial charge in [-0.05, 0) is 78.3 Å². The number of hydrogen-bond donors (Lipinski definition) is 1. The first kappa shape index (κ1) is 34.4. The number of methoxy groups -OCH3 is 2. The van der Waals surface area contributed by atoms with Crippen molar-refractivity contribution in [1.29, 1.82) is 0 Å². The molecule has 0 fully saturated rings. The van der Waals surface area contributed by atoms with Crippen molar-refractivity contribution in [3.63, 3.8) is 0 Å². The van der Waals surface area contributed by atoms with E-state index >= 15 is 0 Å². The number of hydrogen-bond acceptors (Lipinski definition) is 7. The lowest BCUT2D eigenvalue weighted by molar-refractivity contribution is 0.414. The maximum Gasteiger partial charge on any atom is 0.346 e. The van der Waals surface area contributed by atoms with Gasteiger partial charge in [0, 0.05) is 18.5 Å². The Kier molecular flexibility index (Phi) is 10.4. The molecule has 0 spiro atoms. The zero-order valence-corrected chi connectivity index (χ0v) is 29.2. The summed E-state index contributed by atoms with van der Waals surface area (Å²) >= 11 is 0. The number of sulfonamides is 1. The molecule has 0 unspecified atom stereocenters. The van der Waals surface area contributed by atoms with Gasteiger partial charge in [-0.2, -0.15) is 5.10 Å². The molecule has 0 aliphatic carbocycles. The van der Waals surface area contributed by atoms with E-state index in [1.807, 2.05) is 31.2 Å². The molecule has 10 nitrogen and oxygen atoms in total. The van der Waals surface area contributed by atoms with Crippen LogP contribution in [0.1, 0.15) is 56.6 Å². The quantitative estimate of drug-likeness (QED) is 0.153. The Morgan fingerprint density at radius 3 is 2.08 bits per heavy atom. The molecule has 5 aromatic rings. The molecule has 0 atom stereocenters. The molecule has 252 valence electrons. The topological polar surface area (TPSA) is 117 Å². The van der Waals surface area contributed by atoms with Crippen molar-refractivity contribution in [3.8, 4) is 22.8 Å². The summed E-state index contributed by atoms with van der Waals surface area (Å²) in [6, 6.07) is 26.0. The molecular weight excluding hydrogens is 627 g/mol. The largest absolute Gasteiger partial charge is 0.497 e. The van der Waals surface area contributed by atoms with Crippen LogP contribution in [0.5, 0.6) is 11.5 Å². The number of rotatable bonds is 13. The van der Waals surface area contributed by atoms with Crippen LogP contribution in [0.4, 0.5) is 5.82 Å². The summed E-state index contributed by atoms with van der Waals surface area (Å²) in [6.07, 6.45) is 2.31. The van der Waals surface area contributed by atoms with Crippen molar-refractivity contribution < 1.29 is 17.9 Å². The third-order valence-electron chi connectivity index (χ3n) is 8.26. The van der Waals surface area contributed by atoms with Crippen molar-refractivity contribution >= 4 is 15.8 Å². The molecule has 3 aromatic carbocycles. The highest BCUT2D eigenvalue weighted by Crippen LogP contribution is 2.30. The second-order valence-electron chi connectivity index (χ2n) is 12.6. The van der Waals surface area contributed by atoms with E-state index in [1.54, 1.807) is 33.5 Å². The van der Waals surface area contributed by atoms with E-state index in [1.165, 1.54) is 31.9 Å².